The number of benzene rings is 1. The highest BCUT2D eigenvalue weighted by molar-refractivity contribution is 6.33. The Hall–Kier alpha value is -2.60. The van der Waals surface area contributed by atoms with Crippen molar-refractivity contribution < 1.29 is 9.32 Å². The molecule has 1 N–H and O–H groups in total. The van der Waals surface area contributed by atoms with Crippen LogP contribution in [0.3, 0.4) is 0 Å². The number of hydrogen-bond donors (Lipinski definition) is 1. The SMILES string of the molecule is Cc1noc(C)c1CNC(=O)c1cc(-n2cccn2)ccc1Cl. The fourth-order valence-corrected chi connectivity index (χ4v) is 2.47. The molecular weight excluding hydrogens is 316 g/mol. The first-order valence-corrected chi connectivity index (χ1v) is 7.43. The summed E-state index contributed by atoms with van der Waals surface area (Å²) in [5.74, 6) is 0.434. The molecule has 0 spiro atoms. The summed E-state index contributed by atoms with van der Waals surface area (Å²) >= 11 is 6.15. The molecule has 0 unspecified atom stereocenters. The van der Waals surface area contributed by atoms with Gasteiger partial charge < -0.3 is 9.84 Å². The molecule has 0 saturated carbocycles. The Bertz CT molecular complexity index is 820. The summed E-state index contributed by atoms with van der Waals surface area (Å²) in [6.07, 6.45) is 3.47. The van der Waals surface area contributed by atoms with Gasteiger partial charge in [0.15, 0.2) is 0 Å². The van der Waals surface area contributed by atoms with Gasteiger partial charge in [0.2, 0.25) is 0 Å². The molecule has 0 fully saturated rings. The number of halogens is 1. The number of aromatic nitrogens is 3. The molecule has 23 heavy (non-hydrogen) atoms. The van der Waals surface area contributed by atoms with E-state index in [1.807, 2.05) is 19.9 Å². The Balaban J connectivity index is 1.81. The maximum absolute atomic E-state index is 12.4. The average Bonchev–Trinajstić information content (AvgIpc) is 3.17. The van der Waals surface area contributed by atoms with Crippen molar-refractivity contribution in [2.75, 3.05) is 0 Å². The van der Waals surface area contributed by atoms with Gasteiger partial charge >= 0.3 is 0 Å². The van der Waals surface area contributed by atoms with Crippen LogP contribution in [0.1, 0.15) is 27.4 Å². The third-order valence-corrected chi connectivity index (χ3v) is 3.90. The Labute approximate surface area is 138 Å². The number of rotatable bonds is 4. The van der Waals surface area contributed by atoms with E-state index in [9.17, 15) is 4.79 Å². The highest BCUT2D eigenvalue weighted by Crippen LogP contribution is 2.20. The van der Waals surface area contributed by atoms with E-state index in [1.54, 1.807) is 35.3 Å². The smallest absolute Gasteiger partial charge is 0.253 e. The minimum Gasteiger partial charge on any atom is -0.361 e. The fourth-order valence-electron chi connectivity index (χ4n) is 2.27. The van der Waals surface area contributed by atoms with Gasteiger partial charge in [-0.15, -0.1) is 0 Å². The molecule has 0 saturated heterocycles. The van der Waals surface area contributed by atoms with E-state index in [0.29, 0.717) is 22.9 Å². The van der Waals surface area contributed by atoms with E-state index in [2.05, 4.69) is 15.6 Å². The molecule has 2 heterocycles. The average molecular weight is 331 g/mol. The summed E-state index contributed by atoms with van der Waals surface area (Å²) in [7, 11) is 0. The second-order valence-corrected chi connectivity index (χ2v) is 5.51. The van der Waals surface area contributed by atoms with Crippen molar-refractivity contribution in [3.05, 3.63) is 64.3 Å². The summed E-state index contributed by atoms with van der Waals surface area (Å²) in [5, 5.41) is 11.2. The van der Waals surface area contributed by atoms with Crippen LogP contribution < -0.4 is 5.32 Å². The van der Waals surface area contributed by atoms with Crippen LogP contribution in [0.25, 0.3) is 5.69 Å². The topological polar surface area (TPSA) is 73.0 Å². The van der Waals surface area contributed by atoms with Gasteiger partial charge in [-0.05, 0) is 38.1 Å². The summed E-state index contributed by atoms with van der Waals surface area (Å²) in [6, 6.07) is 7.01. The van der Waals surface area contributed by atoms with Crippen molar-refractivity contribution in [2.24, 2.45) is 0 Å². The highest BCUT2D eigenvalue weighted by Gasteiger charge is 2.14. The van der Waals surface area contributed by atoms with Crippen LogP contribution in [0.15, 0.2) is 41.2 Å². The number of carbonyl (C=O) groups excluding carboxylic acids is 1. The lowest BCUT2D eigenvalue weighted by atomic mass is 10.1. The molecule has 2 aromatic heterocycles. The van der Waals surface area contributed by atoms with E-state index >= 15 is 0 Å². The lowest BCUT2D eigenvalue weighted by molar-refractivity contribution is 0.0951. The first-order valence-electron chi connectivity index (χ1n) is 7.06. The largest absolute Gasteiger partial charge is 0.361 e. The molecule has 0 radical (unpaired) electrons. The van der Waals surface area contributed by atoms with Crippen LogP contribution in [0, 0.1) is 13.8 Å². The van der Waals surface area contributed by atoms with Gasteiger partial charge in [-0.25, -0.2) is 4.68 Å². The normalized spacial score (nSPS) is 10.7. The van der Waals surface area contributed by atoms with Crippen molar-refractivity contribution in [3.63, 3.8) is 0 Å². The minimum absolute atomic E-state index is 0.260. The number of nitrogens with one attached hydrogen (secondary N) is 1. The van der Waals surface area contributed by atoms with Crippen LogP contribution in [0.2, 0.25) is 5.02 Å². The first kappa shape index (κ1) is 15.3. The first-order chi connectivity index (χ1) is 11.1. The van der Waals surface area contributed by atoms with E-state index in [1.165, 1.54) is 0 Å². The van der Waals surface area contributed by atoms with Crippen molar-refractivity contribution >= 4 is 17.5 Å². The molecule has 3 aromatic rings. The summed E-state index contributed by atoms with van der Waals surface area (Å²) in [6.45, 7) is 3.98. The molecule has 3 rings (SSSR count). The Morgan fingerprint density at radius 2 is 2.22 bits per heavy atom. The fraction of sp³-hybridized carbons (Fsp3) is 0.188. The van der Waals surface area contributed by atoms with Gasteiger partial charge in [0.25, 0.3) is 5.91 Å². The lowest BCUT2D eigenvalue weighted by Crippen LogP contribution is -2.23. The third kappa shape index (κ3) is 3.12. The molecule has 7 heteroatoms. The number of amides is 1. The standard InChI is InChI=1S/C16H15ClN4O2/c1-10-14(11(2)23-20-10)9-18-16(22)13-8-12(4-5-15(13)17)21-7-3-6-19-21/h3-8H,9H2,1-2H3,(H,18,22). The van der Waals surface area contributed by atoms with Crippen molar-refractivity contribution in [3.8, 4) is 5.69 Å². The van der Waals surface area contributed by atoms with E-state index in [-0.39, 0.29) is 5.91 Å². The van der Waals surface area contributed by atoms with Gasteiger partial charge in [-0.3, -0.25) is 4.79 Å². The lowest BCUT2D eigenvalue weighted by Gasteiger charge is -2.09. The Morgan fingerprint density at radius 1 is 1.39 bits per heavy atom. The van der Waals surface area contributed by atoms with Crippen LogP contribution in [-0.4, -0.2) is 20.8 Å². The molecule has 0 aliphatic rings. The minimum atomic E-state index is -0.260. The van der Waals surface area contributed by atoms with Gasteiger partial charge in [-0.2, -0.15) is 5.10 Å². The van der Waals surface area contributed by atoms with Crippen LogP contribution in [-0.2, 0) is 6.54 Å². The zero-order valence-corrected chi connectivity index (χ0v) is 13.5. The van der Waals surface area contributed by atoms with Gasteiger partial charge in [0.1, 0.15) is 5.76 Å². The molecule has 1 amide bonds. The Kier molecular flexibility index (Phi) is 4.16. The zero-order valence-electron chi connectivity index (χ0n) is 12.7. The van der Waals surface area contributed by atoms with E-state index < -0.39 is 0 Å². The number of carbonyl (C=O) groups is 1. The Morgan fingerprint density at radius 3 is 2.87 bits per heavy atom. The van der Waals surface area contributed by atoms with Gasteiger partial charge in [-0.1, -0.05) is 16.8 Å². The number of aryl methyl sites for hydroxylation is 2. The third-order valence-electron chi connectivity index (χ3n) is 3.57. The maximum Gasteiger partial charge on any atom is 0.253 e. The van der Waals surface area contributed by atoms with Gasteiger partial charge in [0.05, 0.1) is 22.0 Å². The van der Waals surface area contributed by atoms with Crippen molar-refractivity contribution in [1.29, 1.82) is 0 Å². The number of nitrogens with zero attached hydrogens (tertiary/aromatic N) is 3. The predicted molar refractivity (Wildman–Crippen MR) is 85.7 cm³/mol. The molecule has 0 bridgehead atoms. The molecule has 0 aliphatic heterocycles. The second-order valence-electron chi connectivity index (χ2n) is 5.10. The molecule has 118 valence electrons. The molecule has 0 atom stereocenters. The molecule has 0 aliphatic carbocycles. The van der Waals surface area contributed by atoms with Crippen molar-refractivity contribution in [1.82, 2.24) is 20.3 Å². The van der Waals surface area contributed by atoms with Crippen LogP contribution in [0.4, 0.5) is 0 Å². The monoisotopic (exact) mass is 330 g/mol. The van der Waals surface area contributed by atoms with Crippen LogP contribution >= 0.6 is 11.6 Å². The number of hydrogen-bond acceptors (Lipinski definition) is 4. The van der Waals surface area contributed by atoms with E-state index in [4.69, 9.17) is 16.1 Å². The molecular formula is C16H15ClN4O2. The second kappa shape index (κ2) is 6.26. The molecule has 1 aromatic carbocycles. The highest BCUT2D eigenvalue weighted by atomic mass is 35.5. The summed E-state index contributed by atoms with van der Waals surface area (Å²) < 4.78 is 6.75. The van der Waals surface area contributed by atoms with Gasteiger partial charge in [0, 0.05) is 24.5 Å². The predicted octanol–water partition coefficient (Wildman–Crippen LogP) is 3.06. The summed E-state index contributed by atoms with van der Waals surface area (Å²) in [4.78, 5) is 12.4. The van der Waals surface area contributed by atoms with E-state index in [0.717, 1.165) is 16.9 Å². The zero-order chi connectivity index (χ0) is 16.4. The summed E-state index contributed by atoms with van der Waals surface area (Å²) in [5.41, 5.74) is 2.80. The molecule has 6 nitrogen and oxygen atoms in total. The van der Waals surface area contributed by atoms with Crippen LogP contribution in [0.5, 0.6) is 0 Å². The van der Waals surface area contributed by atoms with Crippen molar-refractivity contribution in [2.45, 2.75) is 20.4 Å². The quantitative estimate of drug-likeness (QED) is 0.798. The maximum atomic E-state index is 12.4.